The van der Waals surface area contributed by atoms with E-state index < -0.39 is 5.54 Å². The Morgan fingerprint density at radius 1 is 1.14 bits per heavy atom. The van der Waals surface area contributed by atoms with Gasteiger partial charge in [0, 0.05) is 5.02 Å². The van der Waals surface area contributed by atoms with Gasteiger partial charge in [0.25, 0.3) is 0 Å². The fraction of sp³-hybridized carbons (Fsp3) is 0.235. The molecule has 0 heterocycles. The van der Waals surface area contributed by atoms with Crippen molar-refractivity contribution < 1.29 is 4.79 Å². The first-order valence-corrected chi connectivity index (χ1v) is 7.20. The summed E-state index contributed by atoms with van der Waals surface area (Å²) in [4.78, 5) is 12.5. The molecule has 1 unspecified atom stereocenters. The maximum absolute atomic E-state index is 12.5. The minimum Gasteiger partial charge on any atom is -0.348 e. The number of benzene rings is 2. The molecule has 21 heavy (non-hydrogen) atoms. The first-order valence-electron chi connectivity index (χ1n) is 6.82. The number of carbonyl (C=O) groups is 1. The van der Waals surface area contributed by atoms with Crippen LogP contribution >= 0.6 is 11.6 Å². The monoisotopic (exact) mass is 302 g/mol. The zero-order valence-corrected chi connectivity index (χ0v) is 12.9. The summed E-state index contributed by atoms with van der Waals surface area (Å²) in [6.45, 7) is 3.59. The number of hydrogen-bond donors (Lipinski definition) is 2. The topological polar surface area (TPSA) is 55.1 Å². The summed E-state index contributed by atoms with van der Waals surface area (Å²) >= 11 is 6.15. The molecular formula is C17H19ClN2O. The largest absolute Gasteiger partial charge is 0.348 e. The zero-order valence-electron chi connectivity index (χ0n) is 12.1. The highest BCUT2D eigenvalue weighted by molar-refractivity contribution is 6.31. The van der Waals surface area contributed by atoms with Crippen LogP contribution in [0.25, 0.3) is 0 Å². The summed E-state index contributed by atoms with van der Waals surface area (Å²) < 4.78 is 0. The first kappa shape index (κ1) is 15.5. The maximum atomic E-state index is 12.5. The van der Waals surface area contributed by atoms with Gasteiger partial charge >= 0.3 is 0 Å². The number of amides is 1. The van der Waals surface area contributed by atoms with Gasteiger partial charge in [0.2, 0.25) is 5.91 Å². The maximum Gasteiger partial charge on any atom is 0.244 e. The van der Waals surface area contributed by atoms with Gasteiger partial charge in [-0.2, -0.15) is 0 Å². The predicted octanol–water partition coefficient (Wildman–Crippen LogP) is 3.39. The van der Waals surface area contributed by atoms with Crippen LogP contribution in [-0.2, 0) is 10.3 Å². The number of halogens is 1. The lowest BCUT2D eigenvalue weighted by Gasteiger charge is -2.26. The summed E-state index contributed by atoms with van der Waals surface area (Å²) in [5.74, 6) is -0.235. The van der Waals surface area contributed by atoms with Gasteiger partial charge in [-0.05, 0) is 31.0 Å². The van der Waals surface area contributed by atoms with Gasteiger partial charge in [0.15, 0.2) is 0 Å². The second-order valence-corrected chi connectivity index (χ2v) is 5.69. The average Bonchev–Trinajstić information content (AvgIpc) is 2.48. The Hall–Kier alpha value is -1.84. The summed E-state index contributed by atoms with van der Waals surface area (Å²) in [6, 6.07) is 16.6. The Kier molecular flexibility index (Phi) is 4.66. The van der Waals surface area contributed by atoms with Crippen molar-refractivity contribution in [3.8, 4) is 0 Å². The van der Waals surface area contributed by atoms with Crippen LogP contribution in [0.3, 0.4) is 0 Å². The predicted molar refractivity (Wildman–Crippen MR) is 86.0 cm³/mol. The molecule has 0 aliphatic rings. The van der Waals surface area contributed by atoms with Crippen LogP contribution in [0.1, 0.15) is 31.0 Å². The lowest BCUT2D eigenvalue weighted by Crippen LogP contribution is -2.49. The third-order valence-electron chi connectivity index (χ3n) is 3.56. The standard InChI is InChI=1S/C17H19ClN2O/c1-12(14-10-6-7-11-15(14)18)20-16(21)17(2,19)13-8-4-3-5-9-13/h3-12H,19H2,1-2H3,(H,20,21)/t12-,17?/m0/s1. The minimum absolute atomic E-state index is 0.210. The van der Waals surface area contributed by atoms with Crippen LogP contribution in [-0.4, -0.2) is 5.91 Å². The van der Waals surface area contributed by atoms with Crippen molar-refractivity contribution in [1.29, 1.82) is 0 Å². The molecule has 0 aliphatic carbocycles. The molecule has 0 aliphatic heterocycles. The van der Waals surface area contributed by atoms with E-state index in [1.807, 2.05) is 55.5 Å². The van der Waals surface area contributed by atoms with Gasteiger partial charge in [-0.15, -0.1) is 0 Å². The van der Waals surface area contributed by atoms with Crippen LogP contribution in [0, 0.1) is 0 Å². The summed E-state index contributed by atoms with van der Waals surface area (Å²) in [7, 11) is 0. The highest BCUT2D eigenvalue weighted by atomic mass is 35.5. The third kappa shape index (κ3) is 3.43. The Bertz CT molecular complexity index is 626. The molecule has 0 saturated heterocycles. The van der Waals surface area contributed by atoms with Crippen molar-refractivity contribution in [2.75, 3.05) is 0 Å². The number of hydrogen-bond acceptors (Lipinski definition) is 2. The number of nitrogens with one attached hydrogen (secondary N) is 1. The van der Waals surface area contributed by atoms with Gasteiger partial charge in [-0.25, -0.2) is 0 Å². The van der Waals surface area contributed by atoms with E-state index in [-0.39, 0.29) is 11.9 Å². The molecule has 2 atom stereocenters. The molecule has 0 fully saturated rings. The van der Waals surface area contributed by atoms with Crippen molar-refractivity contribution >= 4 is 17.5 Å². The van der Waals surface area contributed by atoms with E-state index in [0.29, 0.717) is 5.02 Å². The lowest BCUT2D eigenvalue weighted by molar-refractivity contribution is -0.126. The van der Waals surface area contributed by atoms with E-state index in [0.717, 1.165) is 11.1 Å². The first-order chi connectivity index (χ1) is 9.93. The minimum atomic E-state index is -1.09. The van der Waals surface area contributed by atoms with E-state index in [4.69, 9.17) is 17.3 Å². The summed E-state index contributed by atoms with van der Waals surface area (Å²) in [5.41, 5.74) is 6.76. The average molecular weight is 303 g/mol. The van der Waals surface area contributed by atoms with Gasteiger partial charge in [0.05, 0.1) is 6.04 Å². The highest BCUT2D eigenvalue weighted by Crippen LogP contribution is 2.24. The van der Waals surface area contributed by atoms with E-state index in [1.54, 1.807) is 13.0 Å². The molecule has 0 aromatic heterocycles. The Morgan fingerprint density at radius 3 is 2.33 bits per heavy atom. The van der Waals surface area contributed by atoms with E-state index in [1.165, 1.54) is 0 Å². The van der Waals surface area contributed by atoms with Crippen LogP contribution in [0.4, 0.5) is 0 Å². The van der Waals surface area contributed by atoms with Gasteiger partial charge in [-0.3, -0.25) is 4.79 Å². The molecular weight excluding hydrogens is 284 g/mol. The van der Waals surface area contributed by atoms with Crippen LogP contribution in [0.15, 0.2) is 54.6 Å². The lowest BCUT2D eigenvalue weighted by atomic mass is 9.91. The molecule has 2 rings (SSSR count). The van der Waals surface area contributed by atoms with Crippen molar-refractivity contribution in [3.05, 3.63) is 70.7 Å². The summed E-state index contributed by atoms with van der Waals surface area (Å²) in [5, 5.41) is 3.56. The molecule has 2 aromatic carbocycles. The Labute approximate surface area is 130 Å². The molecule has 0 saturated carbocycles. The molecule has 4 heteroatoms. The van der Waals surface area contributed by atoms with Crippen molar-refractivity contribution in [2.24, 2.45) is 5.73 Å². The van der Waals surface area contributed by atoms with Crippen LogP contribution < -0.4 is 11.1 Å². The zero-order chi connectivity index (χ0) is 15.5. The fourth-order valence-electron chi connectivity index (χ4n) is 2.17. The molecule has 110 valence electrons. The smallest absolute Gasteiger partial charge is 0.244 e. The van der Waals surface area contributed by atoms with Crippen molar-refractivity contribution in [1.82, 2.24) is 5.32 Å². The Balaban J connectivity index is 2.16. The SMILES string of the molecule is C[C@H](NC(=O)C(C)(N)c1ccccc1)c1ccccc1Cl. The van der Waals surface area contributed by atoms with Crippen molar-refractivity contribution in [3.63, 3.8) is 0 Å². The molecule has 3 nitrogen and oxygen atoms in total. The van der Waals surface area contributed by atoms with Crippen LogP contribution in [0.2, 0.25) is 5.02 Å². The van der Waals surface area contributed by atoms with E-state index in [9.17, 15) is 4.79 Å². The molecule has 1 amide bonds. The second kappa shape index (κ2) is 6.29. The van der Waals surface area contributed by atoms with E-state index >= 15 is 0 Å². The molecule has 2 aromatic rings. The van der Waals surface area contributed by atoms with Crippen LogP contribution in [0.5, 0.6) is 0 Å². The summed E-state index contributed by atoms with van der Waals surface area (Å²) in [6.07, 6.45) is 0. The fourth-order valence-corrected chi connectivity index (χ4v) is 2.47. The molecule has 3 N–H and O–H groups in total. The second-order valence-electron chi connectivity index (χ2n) is 5.29. The van der Waals surface area contributed by atoms with E-state index in [2.05, 4.69) is 5.32 Å². The number of carbonyl (C=O) groups excluding carboxylic acids is 1. The van der Waals surface area contributed by atoms with Gasteiger partial charge in [-0.1, -0.05) is 60.1 Å². The molecule has 0 bridgehead atoms. The highest BCUT2D eigenvalue weighted by Gasteiger charge is 2.31. The number of nitrogens with two attached hydrogens (primary N) is 1. The molecule has 0 radical (unpaired) electrons. The number of rotatable bonds is 4. The normalized spacial score (nSPS) is 15.0. The molecule has 0 spiro atoms. The Morgan fingerprint density at radius 2 is 1.71 bits per heavy atom. The third-order valence-corrected chi connectivity index (χ3v) is 3.91. The van der Waals surface area contributed by atoms with Gasteiger partial charge < -0.3 is 11.1 Å². The quantitative estimate of drug-likeness (QED) is 0.909. The van der Waals surface area contributed by atoms with Gasteiger partial charge in [0.1, 0.15) is 5.54 Å². The van der Waals surface area contributed by atoms with Crippen molar-refractivity contribution in [2.45, 2.75) is 25.4 Å².